The van der Waals surface area contributed by atoms with Crippen molar-refractivity contribution >= 4 is 17.6 Å². The molecular formula is C13H18N2O3. The Morgan fingerprint density at radius 3 is 2.67 bits per heavy atom. The quantitative estimate of drug-likeness (QED) is 0.796. The molecule has 1 rings (SSSR count). The summed E-state index contributed by atoms with van der Waals surface area (Å²) in [5, 5.41) is 0. The van der Waals surface area contributed by atoms with Crippen LogP contribution in [0.2, 0.25) is 0 Å². The highest BCUT2D eigenvalue weighted by atomic mass is 16.5. The summed E-state index contributed by atoms with van der Waals surface area (Å²) in [7, 11) is 1.32. The van der Waals surface area contributed by atoms with E-state index in [-0.39, 0.29) is 12.5 Å². The molecule has 0 aliphatic heterocycles. The summed E-state index contributed by atoms with van der Waals surface area (Å²) < 4.78 is 4.65. The van der Waals surface area contributed by atoms with E-state index in [0.717, 1.165) is 6.42 Å². The Kier molecular flexibility index (Phi) is 5.32. The van der Waals surface area contributed by atoms with Crippen molar-refractivity contribution in [2.45, 2.75) is 13.3 Å². The summed E-state index contributed by atoms with van der Waals surface area (Å²) in [5.41, 5.74) is 6.46. The first-order chi connectivity index (χ1) is 8.63. The van der Waals surface area contributed by atoms with Crippen molar-refractivity contribution in [1.29, 1.82) is 0 Å². The second kappa shape index (κ2) is 6.76. The van der Waals surface area contributed by atoms with Crippen LogP contribution < -0.4 is 10.6 Å². The van der Waals surface area contributed by atoms with Crippen molar-refractivity contribution in [2.75, 3.05) is 25.1 Å². The topological polar surface area (TPSA) is 72.6 Å². The van der Waals surface area contributed by atoms with Gasteiger partial charge < -0.3 is 15.4 Å². The van der Waals surface area contributed by atoms with Gasteiger partial charge >= 0.3 is 5.97 Å². The fraction of sp³-hybridized carbons (Fsp3) is 0.385. The summed E-state index contributed by atoms with van der Waals surface area (Å²) in [6.45, 7) is 2.49. The molecule has 5 heteroatoms. The monoisotopic (exact) mass is 250 g/mol. The second-order valence-corrected chi connectivity index (χ2v) is 3.79. The van der Waals surface area contributed by atoms with Crippen molar-refractivity contribution in [3.63, 3.8) is 0 Å². The number of hydrogen-bond donors (Lipinski definition) is 1. The number of anilines is 1. The number of rotatable bonds is 5. The lowest BCUT2D eigenvalue weighted by Crippen LogP contribution is -2.36. The summed E-state index contributed by atoms with van der Waals surface area (Å²) >= 11 is 0. The maximum absolute atomic E-state index is 11.7. The molecule has 5 nitrogen and oxygen atoms in total. The van der Waals surface area contributed by atoms with Crippen LogP contribution in [0.15, 0.2) is 24.3 Å². The molecule has 0 heterocycles. The zero-order valence-corrected chi connectivity index (χ0v) is 10.7. The van der Waals surface area contributed by atoms with E-state index in [1.54, 1.807) is 29.2 Å². The van der Waals surface area contributed by atoms with Crippen molar-refractivity contribution in [3.8, 4) is 0 Å². The zero-order chi connectivity index (χ0) is 13.5. The highest BCUT2D eigenvalue weighted by molar-refractivity contribution is 5.97. The van der Waals surface area contributed by atoms with Crippen LogP contribution in [0.3, 0.4) is 0 Å². The predicted molar refractivity (Wildman–Crippen MR) is 69.5 cm³/mol. The van der Waals surface area contributed by atoms with E-state index < -0.39 is 5.97 Å². The van der Waals surface area contributed by atoms with Crippen molar-refractivity contribution in [1.82, 2.24) is 0 Å². The number of carbonyl (C=O) groups excluding carboxylic acids is 2. The number of ether oxygens (including phenoxy) is 1. The zero-order valence-electron chi connectivity index (χ0n) is 10.7. The molecule has 98 valence electrons. The van der Waals surface area contributed by atoms with Gasteiger partial charge in [-0.05, 0) is 24.6 Å². The average molecular weight is 250 g/mol. The molecule has 1 aromatic carbocycles. The molecule has 0 aliphatic rings. The lowest BCUT2D eigenvalue weighted by Gasteiger charge is -2.22. The lowest BCUT2D eigenvalue weighted by molar-refractivity contribution is -0.117. The van der Waals surface area contributed by atoms with Crippen LogP contribution in [0.5, 0.6) is 0 Å². The third kappa shape index (κ3) is 3.30. The van der Waals surface area contributed by atoms with E-state index in [9.17, 15) is 9.59 Å². The van der Waals surface area contributed by atoms with Gasteiger partial charge in [-0.25, -0.2) is 4.79 Å². The van der Waals surface area contributed by atoms with Gasteiger partial charge in [0.05, 0.1) is 19.2 Å². The van der Waals surface area contributed by atoms with Crippen LogP contribution in [0.25, 0.3) is 0 Å². The van der Waals surface area contributed by atoms with Gasteiger partial charge in [-0.1, -0.05) is 13.0 Å². The minimum atomic E-state index is -0.423. The van der Waals surface area contributed by atoms with Gasteiger partial charge in [0.1, 0.15) is 0 Å². The van der Waals surface area contributed by atoms with Gasteiger partial charge in [-0.15, -0.1) is 0 Å². The van der Waals surface area contributed by atoms with Crippen molar-refractivity contribution < 1.29 is 14.3 Å². The predicted octanol–water partition coefficient (Wildman–Crippen LogP) is 1.17. The number of benzene rings is 1. The summed E-state index contributed by atoms with van der Waals surface area (Å²) in [5.74, 6) is -0.590. The summed E-state index contributed by atoms with van der Waals surface area (Å²) in [6, 6.07) is 6.77. The third-order valence-corrected chi connectivity index (χ3v) is 2.50. The number of amides is 1. The van der Waals surface area contributed by atoms with E-state index in [0.29, 0.717) is 17.8 Å². The Labute approximate surface area is 107 Å². The lowest BCUT2D eigenvalue weighted by atomic mass is 10.2. The fourth-order valence-corrected chi connectivity index (χ4v) is 1.65. The van der Waals surface area contributed by atoms with Gasteiger partial charge in [0.2, 0.25) is 5.91 Å². The molecule has 0 fully saturated rings. The molecule has 1 amide bonds. The molecule has 0 saturated heterocycles. The Morgan fingerprint density at radius 1 is 1.39 bits per heavy atom. The number of nitrogens with two attached hydrogens (primary N) is 1. The van der Waals surface area contributed by atoms with Gasteiger partial charge in [-0.3, -0.25) is 4.79 Å². The molecule has 18 heavy (non-hydrogen) atoms. The van der Waals surface area contributed by atoms with Crippen molar-refractivity contribution in [3.05, 3.63) is 29.8 Å². The molecule has 2 N–H and O–H groups in total. The van der Waals surface area contributed by atoms with E-state index in [2.05, 4.69) is 4.74 Å². The minimum Gasteiger partial charge on any atom is -0.465 e. The number of carbonyl (C=O) groups is 2. The number of methoxy groups -OCH3 is 1. The Balaban J connectivity index is 3.05. The van der Waals surface area contributed by atoms with E-state index in [4.69, 9.17) is 5.73 Å². The normalized spacial score (nSPS) is 9.94. The number of hydrogen-bond acceptors (Lipinski definition) is 4. The third-order valence-electron chi connectivity index (χ3n) is 2.50. The highest BCUT2D eigenvalue weighted by Gasteiger charge is 2.15. The van der Waals surface area contributed by atoms with Gasteiger partial charge in [0.15, 0.2) is 0 Å². The molecule has 1 aromatic rings. The van der Waals surface area contributed by atoms with Crippen LogP contribution in [-0.2, 0) is 9.53 Å². The Hall–Kier alpha value is -1.88. The van der Waals surface area contributed by atoms with Crippen LogP contribution in [0.4, 0.5) is 5.69 Å². The molecule has 0 radical (unpaired) electrons. The molecule has 0 aromatic heterocycles. The number of nitrogens with zero attached hydrogens (tertiary/aromatic N) is 1. The molecule has 0 spiro atoms. The standard InChI is InChI=1S/C13H18N2O3/c1-3-7-15(12(16)9-14)11-6-4-5-10(8-11)13(17)18-2/h4-6,8H,3,7,9,14H2,1-2H3. The molecule has 0 aliphatic carbocycles. The smallest absolute Gasteiger partial charge is 0.337 e. The summed E-state index contributed by atoms with van der Waals surface area (Å²) in [4.78, 5) is 24.7. The first kappa shape index (κ1) is 14.2. The van der Waals surface area contributed by atoms with Gasteiger partial charge in [0.25, 0.3) is 0 Å². The van der Waals surface area contributed by atoms with E-state index in [1.807, 2.05) is 6.92 Å². The first-order valence-corrected chi connectivity index (χ1v) is 5.82. The van der Waals surface area contributed by atoms with Gasteiger partial charge in [0, 0.05) is 12.2 Å². The minimum absolute atomic E-state index is 0.0531. The van der Waals surface area contributed by atoms with Crippen LogP contribution in [0, 0.1) is 0 Å². The fourth-order valence-electron chi connectivity index (χ4n) is 1.65. The Bertz CT molecular complexity index is 432. The molecular weight excluding hydrogens is 232 g/mol. The van der Waals surface area contributed by atoms with Crippen LogP contribution >= 0.6 is 0 Å². The van der Waals surface area contributed by atoms with E-state index in [1.165, 1.54) is 7.11 Å². The second-order valence-electron chi connectivity index (χ2n) is 3.79. The SMILES string of the molecule is CCCN(C(=O)CN)c1cccc(C(=O)OC)c1. The first-order valence-electron chi connectivity index (χ1n) is 5.82. The highest BCUT2D eigenvalue weighted by Crippen LogP contribution is 2.17. The van der Waals surface area contributed by atoms with Crippen LogP contribution in [0.1, 0.15) is 23.7 Å². The Morgan fingerprint density at radius 2 is 2.11 bits per heavy atom. The maximum Gasteiger partial charge on any atom is 0.337 e. The van der Waals surface area contributed by atoms with Crippen molar-refractivity contribution in [2.24, 2.45) is 5.73 Å². The maximum atomic E-state index is 11.7. The summed E-state index contributed by atoms with van der Waals surface area (Å²) in [6.07, 6.45) is 0.814. The largest absolute Gasteiger partial charge is 0.465 e. The van der Waals surface area contributed by atoms with Gasteiger partial charge in [-0.2, -0.15) is 0 Å². The molecule has 0 bridgehead atoms. The van der Waals surface area contributed by atoms with Crippen LogP contribution in [-0.4, -0.2) is 32.1 Å². The average Bonchev–Trinajstić information content (AvgIpc) is 2.43. The molecule has 0 saturated carbocycles. The molecule has 0 unspecified atom stereocenters. The van der Waals surface area contributed by atoms with E-state index >= 15 is 0 Å². The number of esters is 1. The molecule has 0 atom stereocenters.